The summed E-state index contributed by atoms with van der Waals surface area (Å²) in [5.41, 5.74) is 5.10. The van der Waals surface area contributed by atoms with E-state index < -0.39 is 0 Å². The molecular weight excluding hydrogens is 332 g/mol. The molecule has 1 aliphatic carbocycles. The van der Waals surface area contributed by atoms with Crippen molar-refractivity contribution in [3.8, 4) is 0 Å². The lowest BCUT2D eigenvalue weighted by Crippen LogP contribution is -2.37. The van der Waals surface area contributed by atoms with E-state index in [2.05, 4.69) is 35.8 Å². The number of urea groups is 1. The number of aryl methyl sites for hydroxylation is 2. The summed E-state index contributed by atoms with van der Waals surface area (Å²) in [6.45, 7) is 2.56. The average molecular weight is 357 g/mol. The normalized spacial score (nSPS) is 14.5. The molecule has 2 aromatic carbocycles. The van der Waals surface area contributed by atoms with Crippen LogP contribution in [0.25, 0.3) is 0 Å². The van der Waals surface area contributed by atoms with E-state index in [1.54, 1.807) is 0 Å². The van der Waals surface area contributed by atoms with Gasteiger partial charge >= 0.3 is 6.03 Å². The monoisotopic (exact) mass is 356 g/mol. The number of carbonyl (C=O) groups excluding carboxylic acids is 1. The first-order valence-electron chi connectivity index (χ1n) is 9.06. The maximum atomic E-state index is 12.3. The van der Waals surface area contributed by atoms with Crippen LogP contribution in [-0.4, -0.2) is 6.03 Å². The highest BCUT2D eigenvalue weighted by molar-refractivity contribution is 6.30. The van der Waals surface area contributed by atoms with Crippen molar-refractivity contribution in [3.63, 3.8) is 0 Å². The van der Waals surface area contributed by atoms with Crippen LogP contribution in [0.1, 0.15) is 54.5 Å². The van der Waals surface area contributed by atoms with Crippen molar-refractivity contribution in [3.05, 3.63) is 69.7 Å². The van der Waals surface area contributed by atoms with Crippen molar-refractivity contribution >= 4 is 17.6 Å². The van der Waals surface area contributed by atoms with Gasteiger partial charge in [-0.2, -0.15) is 0 Å². The smallest absolute Gasteiger partial charge is 0.315 e. The molecule has 1 unspecified atom stereocenters. The molecule has 0 spiro atoms. The molecule has 3 nitrogen and oxygen atoms in total. The Hall–Kier alpha value is -2.00. The molecule has 2 aromatic rings. The fourth-order valence-electron chi connectivity index (χ4n) is 3.43. The molecule has 3 rings (SSSR count). The predicted octanol–water partition coefficient (Wildman–Crippen LogP) is 5.17. The minimum Gasteiger partial charge on any atom is -0.334 e. The maximum absolute atomic E-state index is 12.3. The van der Waals surface area contributed by atoms with E-state index in [-0.39, 0.29) is 12.1 Å². The van der Waals surface area contributed by atoms with Gasteiger partial charge in [-0.15, -0.1) is 0 Å². The lowest BCUT2D eigenvalue weighted by Gasteiger charge is -2.22. The quantitative estimate of drug-likeness (QED) is 0.762. The lowest BCUT2D eigenvalue weighted by atomic mass is 9.89. The van der Waals surface area contributed by atoms with Crippen molar-refractivity contribution in [2.75, 3.05) is 0 Å². The maximum Gasteiger partial charge on any atom is 0.315 e. The van der Waals surface area contributed by atoms with Crippen LogP contribution < -0.4 is 10.6 Å². The largest absolute Gasteiger partial charge is 0.334 e. The van der Waals surface area contributed by atoms with Crippen molar-refractivity contribution in [2.24, 2.45) is 0 Å². The summed E-state index contributed by atoms with van der Waals surface area (Å²) in [7, 11) is 0. The highest BCUT2D eigenvalue weighted by Gasteiger charge is 2.16. The first-order chi connectivity index (χ1) is 12.2. The van der Waals surface area contributed by atoms with Crippen LogP contribution in [0.2, 0.25) is 5.02 Å². The van der Waals surface area contributed by atoms with Crippen LogP contribution in [0.3, 0.4) is 0 Å². The van der Waals surface area contributed by atoms with Gasteiger partial charge in [0.05, 0.1) is 6.04 Å². The number of carbonyl (C=O) groups is 1. The Kier molecular flexibility index (Phi) is 5.98. The Labute approximate surface area is 154 Å². The van der Waals surface area contributed by atoms with E-state index >= 15 is 0 Å². The van der Waals surface area contributed by atoms with Gasteiger partial charge in [0, 0.05) is 11.6 Å². The summed E-state index contributed by atoms with van der Waals surface area (Å²) in [6, 6.07) is 14.1. The minimum atomic E-state index is -0.149. The first-order valence-corrected chi connectivity index (χ1v) is 9.44. The van der Waals surface area contributed by atoms with E-state index in [1.165, 1.54) is 36.0 Å². The third-order valence-electron chi connectivity index (χ3n) is 4.83. The summed E-state index contributed by atoms with van der Waals surface area (Å²) in [6.07, 6.45) is 5.75. The summed E-state index contributed by atoms with van der Waals surface area (Å²) >= 11 is 5.98. The second-order valence-electron chi connectivity index (χ2n) is 6.65. The third kappa shape index (κ3) is 4.76. The van der Waals surface area contributed by atoms with E-state index in [9.17, 15) is 4.79 Å². The summed E-state index contributed by atoms with van der Waals surface area (Å²) in [5, 5.41) is 6.69. The highest BCUT2D eigenvalue weighted by Crippen LogP contribution is 2.26. The number of nitrogens with one attached hydrogen (secondary N) is 2. The number of hydrogen-bond donors (Lipinski definition) is 2. The zero-order valence-electron chi connectivity index (χ0n) is 14.6. The molecule has 132 valence electrons. The number of hydrogen-bond acceptors (Lipinski definition) is 1. The average Bonchev–Trinajstić information content (AvgIpc) is 2.64. The topological polar surface area (TPSA) is 41.1 Å². The van der Waals surface area contributed by atoms with Gasteiger partial charge in [0.2, 0.25) is 0 Å². The van der Waals surface area contributed by atoms with Crippen LogP contribution in [-0.2, 0) is 19.4 Å². The second-order valence-corrected chi connectivity index (χ2v) is 7.09. The molecule has 4 heteroatoms. The molecular formula is C21H25ClN2O. The van der Waals surface area contributed by atoms with Gasteiger partial charge in [-0.05, 0) is 66.5 Å². The van der Waals surface area contributed by atoms with Crippen LogP contribution in [0, 0.1) is 0 Å². The standard InChI is InChI=1S/C21H25ClN2O/c1-2-20(18-11-10-16-7-3-4-8-17(16)13-18)24-21(25)23-14-15-6-5-9-19(22)12-15/h5-6,9-13,20H,2-4,7-8,14H2,1H3,(H2,23,24,25). The Morgan fingerprint density at radius 3 is 2.68 bits per heavy atom. The number of amides is 2. The zero-order valence-corrected chi connectivity index (χ0v) is 15.4. The molecule has 0 radical (unpaired) electrons. The molecule has 25 heavy (non-hydrogen) atoms. The van der Waals surface area contributed by atoms with Crippen molar-refractivity contribution in [1.82, 2.24) is 10.6 Å². The van der Waals surface area contributed by atoms with Gasteiger partial charge < -0.3 is 10.6 Å². The number of fused-ring (bicyclic) bond motifs is 1. The molecule has 0 heterocycles. The molecule has 0 aromatic heterocycles. The molecule has 0 bridgehead atoms. The van der Waals surface area contributed by atoms with Gasteiger partial charge in [-0.25, -0.2) is 4.79 Å². The molecule has 1 atom stereocenters. The van der Waals surface area contributed by atoms with Gasteiger partial charge in [-0.3, -0.25) is 0 Å². The van der Waals surface area contributed by atoms with Crippen LogP contribution in [0.15, 0.2) is 42.5 Å². The third-order valence-corrected chi connectivity index (χ3v) is 5.07. The van der Waals surface area contributed by atoms with Crippen molar-refractivity contribution in [2.45, 2.75) is 51.6 Å². The van der Waals surface area contributed by atoms with E-state index in [4.69, 9.17) is 11.6 Å². The van der Waals surface area contributed by atoms with Crippen LogP contribution in [0.5, 0.6) is 0 Å². The van der Waals surface area contributed by atoms with E-state index in [0.717, 1.165) is 18.4 Å². The van der Waals surface area contributed by atoms with E-state index in [0.29, 0.717) is 11.6 Å². The SMILES string of the molecule is CCC(NC(=O)NCc1cccc(Cl)c1)c1ccc2c(c1)CCCC2. The highest BCUT2D eigenvalue weighted by atomic mass is 35.5. The fourth-order valence-corrected chi connectivity index (χ4v) is 3.64. The Morgan fingerprint density at radius 2 is 1.92 bits per heavy atom. The Balaban J connectivity index is 1.60. The van der Waals surface area contributed by atoms with Gasteiger partial charge in [0.25, 0.3) is 0 Å². The summed E-state index contributed by atoms with van der Waals surface area (Å²) in [5.74, 6) is 0. The first kappa shape index (κ1) is 17.8. The van der Waals surface area contributed by atoms with E-state index in [1.807, 2.05) is 24.3 Å². The number of halogens is 1. The van der Waals surface area contributed by atoms with Crippen LogP contribution in [0.4, 0.5) is 4.79 Å². The molecule has 0 fully saturated rings. The lowest BCUT2D eigenvalue weighted by molar-refractivity contribution is 0.236. The molecule has 0 saturated heterocycles. The van der Waals surface area contributed by atoms with Gasteiger partial charge in [-0.1, -0.05) is 48.9 Å². The zero-order chi connectivity index (χ0) is 17.6. The summed E-state index contributed by atoms with van der Waals surface area (Å²) < 4.78 is 0. The molecule has 0 saturated carbocycles. The number of benzene rings is 2. The second kappa shape index (κ2) is 8.39. The van der Waals surface area contributed by atoms with Crippen molar-refractivity contribution < 1.29 is 4.79 Å². The van der Waals surface area contributed by atoms with Crippen LogP contribution >= 0.6 is 11.6 Å². The number of rotatable bonds is 5. The molecule has 0 aliphatic heterocycles. The Morgan fingerprint density at radius 1 is 1.12 bits per heavy atom. The predicted molar refractivity (Wildman–Crippen MR) is 103 cm³/mol. The summed E-state index contributed by atoms with van der Waals surface area (Å²) in [4.78, 5) is 12.3. The molecule has 2 N–H and O–H groups in total. The molecule has 2 amide bonds. The van der Waals surface area contributed by atoms with Gasteiger partial charge in [0.15, 0.2) is 0 Å². The molecule has 1 aliphatic rings. The van der Waals surface area contributed by atoms with Crippen molar-refractivity contribution in [1.29, 1.82) is 0 Å². The fraction of sp³-hybridized carbons (Fsp3) is 0.381. The van der Waals surface area contributed by atoms with Gasteiger partial charge in [0.1, 0.15) is 0 Å². The Bertz CT molecular complexity index is 744. The minimum absolute atomic E-state index is 0.0339.